The summed E-state index contributed by atoms with van der Waals surface area (Å²) < 4.78 is 10.4. The number of allylic oxidation sites excluding steroid dienone is 2. The highest BCUT2D eigenvalue weighted by Crippen LogP contribution is 2.36. The van der Waals surface area contributed by atoms with Crippen LogP contribution in [0.5, 0.6) is 5.75 Å². The van der Waals surface area contributed by atoms with E-state index in [4.69, 9.17) is 21.1 Å². The molecule has 1 aliphatic rings. The van der Waals surface area contributed by atoms with Crippen LogP contribution in [0.2, 0.25) is 5.02 Å². The van der Waals surface area contributed by atoms with E-state index in [2.05, 4.69) is 5.32 Å². The summed E-state index contributed by atoms with van der Waals surface area (Å²) in [7, 11) is 1.25. The molecule has 3 aromatic rings. The maximum absolute atomic E-state index is 13.2. The van der Waals surface area contributed by atoms with Gasteiger partial charge < -0.3 is 19.7 Å². The fourth-order valence-electron chi connectivity index (χ4n) is 3.90. The van der Waals surface area contributed by atoms with Gasteiger partial charge in [-0.25, -0.2) is 4.79 Å². The van der Waals surface area contributed by atoms with E-state index >= 15 is 0 Å². The average molecular weight is 517 g/mol. The minimum atomic E-state index is -0.679. The number of nitrogens with zero attached hydrogens (tertiary/aromatic N) is 1. The zero-order chi connectivity index (χ0) is 26.5. The van der Waals surface area contributed by atoms with Gasteiger partial charge in [0, 0.05) is 11.4 Å². The maximum atomic E-state index is 13.2. The van der Waals surface area contributed by atoms with Gasteiger partial charge in [0.1, 0.15) is 11.3 Å². The minimum Gasteiger partial charge on any atom is -0.484 e. The number of hydrogen-bond donors (Lipinski definition) is 1. The van der Waals surface area contributed by atoms with E-state index in [1.54, 1.807) is 66.4 Å². The molecule has 0 atom stereocenters. The van der Waals surface area contributed by atoms with Gasteiger partial charge in [-0.2, -0.15) is 0 Å². The van der Waals surface area contributed by atoms with Gasteiger partial charge in [-0.1, -0.05) is 53.6 Å². The number of amides is 1. The van der Waals surface area contributed by atoms with Gasteiger partial charge in [0.15, 0.2) is 6.61 Å². The molecule has 7 nitrogen and oxygen atoms in total. The smallest absolute Gasteiger partial charge is 0.343 e. The van der Waals surface area contributed by atoms with Gasteiger partial charge in [-0.3, -0.25) is 9.59 Å². The molecule has 0 radical (unpaired) electrons. The first-order valence-corrected chi connectivity index (χ1v) is 11.9. The zero-order valence-corrected chi connectivity index (χ0v) is 21.3. The molecule has 8 heteroatoms. The first-order chi connectivity index (χ1) is 17.8. The molecule has 0 bridgehead atoms. The summed E-state index contributed by atoms with van der Waals surface area (Å²) in [4.78, 5) is 39.6. The highest BCUT2D eigenvalue weighted by molar-refractivity contribution is 6.33. The number of methoxy groups -OCH3 is 1. The fraction of sp³-hybridized carbons (Fsp3) is 0.138. The van der Waals surface area contributed by atoms with Gasteiger partial charge in [0.2, 0.25) is 5.78 Å². The van der Waals surface area contributed by atoms with Gasteiger partial charge in [-0.05, 0) is 61.9 Å². The van der Waals surface area contributed by atoms with E-state index in [-0.39, 0.29) is 18.1 Å². The Morgan fingerprint density at radius 1 is 0.973 bits per heavy atom. The number of ketones is 1. The number of benzene rings is 3. The van der Waals surface area contributed by atoms with Crippen molar-refractivity contribution in [1.29, 1.82) is 0 Å². The highest BCUT2D eigenvalue weighted by Gasteiger charge is 2.38. The number of ether oxygens (including phenoxy) is 2. The van der Waals surface area contributed by atoms with Crippen molar-refractivity contribution in [3.63, 3.8) is 0 Å². The summed E-state index contributed by atoms with van der Waals surface area (Å²) in [6.07, 6.45) is 1.70. The number of nitrogens with one attached hydrogen (secondary N) is 1. The van der Waals surface area contributed by atoms with E-state index in [0.717, 1.165) is 11.3 Å². The lowest BCUT2D eigenvalue weighted by atomic mass is 10.1. The topological polar surface area (TPSA) is 84.9 Å². The number of carbonyl (C=O) groups excluding carboxylic acids is 3. The lowest BCUT2D eigenvalue weighted by Crippen LogP contribution is -2.20. The second-order valence-electron chi connectivity index (χ2n) is 8.37. The summed E-state index contributed by atoms with van der Waals surface area (Å²) >= 11 is 6.07. The number of anilines is 2. The SMILES string of the molecule is COC(=O)C1=C(C)N(c2ccc(C)cc2)/C(=C/c2ccc(OCC(=O)Nc3ccccc3Cl)cc2)C1=O. The fourth-order valence-corrected chi connectivity index (χ4v) is 4.08. The van der Waals surface area contributed by atoms with Crippen LogP contribution in [0, 0.1) is 6.92 Å². The molecule has 0 saturated heterocycles. The molecule has 1 aliphatic heterocycles. The van der Waals surface area contributed by atoms with Crippen molar-refractivity contribution in [3.8, 4) is 5.75 Å². The third-order valence-electron chi connectivity index (χ3n) is 5.78. The second-order valence-corrected chi connectivity index (χ2v) is 8.77. The molecular weight excluding hydrogens is 492 g/mol. The van der Waals surface area contributed by atoms with Crippen LogP contribution in [0.25, 0.3) is 6.08 Å². The Labute approximate surface area is 219 Å². The summed E-state index contributed by atoms with van der Waals surface area (Å²) in [5.74, 6) is -0.959. The molecule has 0 fully saturated rings. The molecule has 0 aliphatic carbocycles. The summed E-state index contributed by atoms with van der Waals surface area (Å²) in [6.45, 7) is 3.49. The molecule has 188 valence electrons. The normalized spacial score (nSPS) is 14.2. The van der Waals surface area contributed by atoms with Crippen LogP contribution >= 0.6 is 11.6 Å². The predicted octanol–water partition coefficient (Wildman–Crippen LogP) is 5.54. The Kier molecular flexibility index (Phi) is 7.74. The van der Waals surface area contributed by atoms with Crippen LogP contribution in [0.3, 0.4) is 0 Å². The number of carbonyl (C=O) groups is 3. The Morgan fingerprint density at radius 3 is 2.30 bits per heavy atom. The molecule has 0 spiro atoms. The Bertz CT molecular complexity index is 1410. The third kappa shape index (κ3) is 5.73. The number of hydrogen-bond acceptors (Lipinski definition) is 6. The molecule has 1 heterocycles. The Balaban J connectivity index is 1.52. The summed E-state index contributed by atoms with van der Waals surface area (Å²) in [6, 6.07) is 21.5. The van der Waals surface area contributed by atoms with E-state index in [1.165, 1.54) is 7.11 Å². The van der Waals surface area contributed by atoms with Crippen LogP contribution in [0.15, 0.2) is 89.8 Å². The van der Waals surface area contributed by atoms with Crippen LogP contribution < -0.4 is 15.0 Å². The quantitative estimate of drug-likeness (QED) is 0.252. The minimum absolute atomic E-state index is 0.00110. The van der Waals surface area contributed by atoms with Gasteiger partial charge in [0.25, 0.3) is 5.91 Å². The molecule has 0 saturated carbocycles. The molecular formula is C29H25ClN2O5. The van der Waals surface area contributed by atoms with Crippen molar-refractivity contribution in [2.24, 2.45) is 0 Å². The molecule has 37 heavy (non-hydrogen) atoms. The predicted molar refractivity (Wildman–Crippen MR) is 143 cm³/mol. The zero-order valence-electron chi connectivity index (χ0n) is 20.6. The van der Waals surface area contributed by atoms with Crippen LogP contribution in [-0.2, 0) is 19.1 Å². The average Bonchev–Trinajstić information content (AvgIpc) is 3.14. The number of halogens is 1. The molecule has 0 unspecified atom stereocenters. The number of esters is 1. The summed E-state index contributed by atoms with van der Waals surface area (Å²) in [5, 5.41) is 3.14. The van der Waals surface area contributed by atoms with Crippen molar-refractivity contribution in [3.05, 3.63) is 106 Å². The van der Waals surface area contributed by atoms with Crippen molar-refractivity contribution in [2.75, 3.05) is 23.9 Å². The lowest BCUT2D eigenvalue weighted by Gasteiger charge is -2.21. The van der Waals surface area contributed by atoms with Crippen molar-refractivity contribution >= 4 is 46.7 Å². The van der Waals surface area contributed by atoms with Gasteiger partial charge in [-0.15, -0.1) is 0 Å². The van der Waals surface area contributed by atoms with Crippen LogP contribution in [0.4, 0.5) is 11.4 Å². The van der Waals surface area contributed by atoms with Crippen LogP contribution in [0.1, 0.15) is 18.1 Å². The molecule has 4 rings (SSSR count). The number of aryl methyl sites for hydroxylation is 1. The van der Waals surface area contributed by atoms with E-state index in [9.17, 15) is 14.4 Å². The van der Waals surface area contributed by atoms with Crippen LogP contribution in [-0.4, -0.2) is 31.4 Å². The standard InChI is InChI=1S/C29H25ClN2O5/c1-18-8-12-21(13-9-18)32-19(2)27(29(35)36-3)28(34)25(32)16-20-10-14-22(15-11-20)37-17-26(33)31-24-7-5-4-6-23(24)30/h4-16H,17H2,1-3H3,(H,31,33)/b25-16+. The maximum Gasteiger partial charge on any atom is 0.343 e. The van der Waals surface area contributed by atoms with Crippen molar-refractivity contribution in [1.82, 2.24) is 0 Å². The Morgan fingerprint density at radius 2 is 1.65 bits per heavy atom. The first-order valence-electron chi connectivity index (χ1n) is 11.5. The van der Waals surface area contributed by atoms with E-state index in [0.29, 0.717) is 33.4 Å². The largest absolute Gasteiger partial charge is 0.484 e. The van der Waals surface area contributed by atoms with Crippen molar-refractivity contribution in [2.45, 2.75) is 13.8 Å². The lowest BCUT2D eigenvalue weighted by molar-refractivity contribution is -0.137. The second kappa shape index (κ2) is 11.1. The molecule has 1 amide bonds. The molecule has 1 N–H and O–H groups in total. The van der Waals surface area contributed by atoms with Gasteiger partial charge in [0.05, 0.1) is 23.5 Å². The number of rotatable bonds is 7. The highest BCUT2D eigenvalue weighted by atomic mass is 35.5. The Hall–Kier alpha value is -4.36. The van der Waals surface area contributed by atoms with E-state index in [1.807, 2.05) is 31.2 Å². The van der Waals surface area contributed by atoms with Gasteiger partial charge >= 0.3 is 5.97 Å². The number of Topliss-reactive ketones (excluding diaryl/α,β-unsaturated/α-hetero) is 1. The van der Waals surface area contributed by atoms with E-state index < -0.39 is 11.8 Å². The first kappa shape index (κ1) is 25.7. The number of para-hydroxylation sites is 1. The molecule has 0 aromatic heterocycles. The molecule has 3 aromatic carbocycles. The summed E-state index contributed by atoms with van der Waals surface area (Å²) in [5.41, 5.74) is 3.88. The monoisotopic (exact) mass is 516 g/mol. The van der Waals surface area contributed by atoms with Crippen molar-refractivity contribution < 1.29 is 23.9 Å². The third-order valence-corrected chi connectivity index (χ3v) is 6.11.